The molecule has 0 saturated carbocycles. The van der Waals surface area contributed by atoms with Crippen LogP contribution in [-0.2, 0) is 4.74 Å². The van der Waals surface area contributed by atoms with Crippen LogP contribution in [0.5, 0.6) is 0 Å². The number of terminal acetylenes is 1. The fourth-order valence-electron chi connectivity index (χ4n) is 1.95. The van der Waals surface area contributed by atoms with Crippen molar-refractivity contribution in [2.75, 3.05) is 6.61 Å². The highest BCUT2D eigenvalue weighted by molar-refractivity contribution is 7.71. The van der Waals surface area contributed by atoms with E-state index in [0.717, 1.165) is 0 Å². The largest absolute Gasteiger partial charge is 0.390 e. The second-order valence-electron chi connectivity index (χ2n) is 4.37. The fourth-order valence-corrected chi connectivity index (χ4v) is 2.09. The van der Waals surface area contributed by atoms with Crippen molar-refractivity contribution in [3.63, 3.8) is 0 Å². The minimum absolute atomic E-state index is 0.283. The molecule has 0 aromatic carbocycles. The highest BCUT2D eigenvalue weighted by Crippen LogP contribution is 2.46. The Morgan fingerprint density at radius 2 is 2.24 bits per heavy atom. The number of ether oxygens (including phenoxy) is 1. The van der Waals surface area contributed by atoms with Crippen molar-refractivity contribution in [3.8, 4) is 12.3 Å². The van der Waals surface area contributed by atoms with Crippen molar-refractivity contribution < 1.29 is 28.1 Å². The van der Waals surface area contributed by atoms with Gasteiger partial charge in [0.05, 0.1) is 6.20 Å². The van der Waals surface area contributed by atoms with Gasteiger partial charge in [-0.1, -0.05) is 18.1 Å². The Hall–Kier alpha value is -1.67. The maximum Gasteiger partial charge on any atom is 0.328 e. The van der Waals surface area contributed by atoms with Crippen molar-refractivity contribution in [3.05, 3.63) is 27.1 Å². The maximum absolute atomic E-state index is 14.6. The highest BCUT2D eigenvalue weighted by atomic mass is 32.1. The van der Waals surface area contributed by atoms with Gasteiger partial charge in [-0.15, -0.1) is 6.42 Å². The fraction of sp³-hybridized carbons (Fsp3) is 0.455. The first-order chi connectivity index (χ1) is 9.69. The average Bonchev–Trinajstić information content (AvgIpc) is 2.66. The molecule has 114 valence electrons. The van der Waals surface area contributed by atoms with Crippen molar-refractivity contribution in [2.24, 2.45) is 0 Å². The van der Waals surface area contributed by atoms with Gasteiger partial charge < -0.3 is 14.9 Å². The van der Waals surface area contributed by atoms with Gasteiger partial charge in [-0.2, -0.15) is 0 Å². The maximum atomic E-state index is 14.6. The highest BCUT2D eigenvalue weighted by Gasteiger charge is 2.66. The summed E-state index contributed by atoms with van der Waals surface area (Å²) in [6.45, 7) is -1.42. The molecule has 2 heterocycles. The lowest BCUT2D eigenvalue weighted by Crippen LogP contribution is -2.48. The minimum Gasteiger partial charge on any atom is -0.390 e. The van der Waals surface area contributed by atoms with Crippen molar-refractivity contribution in [2.45, 2.75) is 23.9 Å². The number of hydrogen-bond donors (Lipinski definition) is 3. The van der Waals surface area contributed by atoms with E-state index >= 15 is 0 Å². The number of aliphatic hydroxyl groups is 2. The second-order valence-corrected chi connectivity index (χ2v) is 4.78. The number of alkyl halides is 2. The van der Waals surface area contributed by atoms with Gasteiger partial charge in [-0.25, -0.2) is 18.0 Å². The molecule has 6 nitrogen and oxygen atoms in total. The van der Waals surface area contributed by atoms with Crippen LogP contribution in [0.15, 0.2) is 11.0 Å². The summed E-state index contributed by atoms with van der Waals surface area (Å²) in [7, 11) is 0. The van der Waals surface area contributed by atoms with Gasteiger partial charge in [0.2, 0.25) is 5.67 Å². The molecule has 0 radical (unpaired) electrons. The topological polar surface area (TPSA) is 87.5 Å². The van der Waals surface area contributed by atoms with Crippen LogP contribution in [0.25, 0.3) is 0 Å². The molecule has 1 aromatic heterocycles. The van der Waals surface area contributed by atoms with E-state index in [-0.39, 0.29) is 4.57 Å². The van der Waals surface area contributed by atoms with Gasteiger partial charge in [0.25, 0.3) is 5.85 Å². The monoisotopic (exact) mass is 322 g/mol. The Kier molecular flexibility index (Phi) is 3.71. The third-order valence-corrected chi connectivity index (χ3v) is 3.38. The zero-order valence-electron chi connectivity index (χ0n) is 10.2. The molecule has 0 bridgehead atoms. The standard InChI is InChI=1S/C11H9F3N2O4S/c1-2-10(13)7(18)11(14,4-17)20-8(10)16-3-5(12)6(21)15-9(16)19/h1,3,7-8,17-18H,4H2,(H,15,19,21). The number of nitrogens with one attached hydrogen (secondary N) is 1. The quantitative estimate of drug-likeness (QED) is 0.524. The van der Waals surface area contributed by atoms with Crippen molar-refractivity contribution in [1.82, 2.24) is 9.55 Å². The van der Waals surface area contributed by atoms with E-state index in [1.165, 1.54) is 5.92 Å². The van der Waals surface area contributed by atoms with E-state index in [1.54, 1.807) is 0 Å². The summed E-state index contributed by atoms with van der Waals surface area (Å²) in [6, 6.07) is 0. The van der Waals surface area contributed by atoms with E-state index in [1.807, 2.05) is 4.98 Å². The predicted octanol–water partition coefficient (Wildman–Crippen LogP) is -0.0657. The Labute approximate surface area is 120 Å². The first-order valence-corrected chi connectivity index (χ1v) is 5.93. The van der Waals surface area contributed by atoms with Gasteiger partial charge in [0, 0.05) is 0 Å². The average molecular weight is 322 g/mol. The first-order valence-electron chi connectivity index (χ1n) is 5.53. The van der Waals surface area contributed by atoms with Gasteiger partial charge in [-0.3, -0.25) is 9.55 Å². The van der Waals surface area contributed by atoms with Crippen LogP contribution < -0.4 is 5.69 Å². The number of aromatic amines is 1. The molecule has 10 heteroatoms. The Balaban J connectivity index is 2.64. The molecule has 1 aliphatic rings. The normalized spacial score (nSPS) is 35.6. The van der Waals surface area contributed by atoms with E-state index in [4.69, 9.17) is 11.5 Å². The molecule has 0 aliphatic carbocycles. The Bertz CT molecular complexity index is 729. The lowest BCUT2D eigenvalue weighted by molar-refractivity contribution is -0.207. The van der Waals surface area contributed by atoms with Gasteiger partial charge >= 0.3 is 5.69 Å². The Morgan fingerprint density at radius 1 is 1.62 bits per heavy atom. The van der Waals surface area contributed by atoms with Crippen LogP contribution in [0.1, 0.15) is 6.23 Å². The SMILES string of the molecule is C#CC1(F)C(n2cc(F)c(=S)[nH]c2=O)OC(F)(CO)C1O. The molecule has 1 saturated heterocycles. The van der Waals surface area contributed by atoms with E-state index < -0.39 is 46.6 Å². The molecule has 1 aromatic rings. The van der Waals surface area contributed by atoms with E-state index in [9.17, 15) is 23.1 Å². The molecule has 0 spiro atoms. The van der Waals surface area contributed by atoms with Crippen LogP contribution >= 0.6 is 12.2 Å². The lowest BCUT2D eigenvalue weighted by Gasteiger charge is -2.23. The molecular formula is C11H9F3N2O4S. The number of aromatic nitrogens is 2. The number of H-pyrrole nitrogens is 1. The Morgan fingerprint density at radius 3 is 2.76 bits per heavy atom. The summed E-state index contributed by atoms with van der Waals surface area (Å²) in [4.78, 5) is 13.6. The zero-order valence-corrected chi connectivity index (χ0v) is 11.0. The van der Waals surface area contributed by atoms with Crippen LogP contribution in [0, 0.1) is 22.8 Å². The van der Waals surface area contributed by atoms with Crippen LogP contribution in [0.3, 0.4) is 0 Å². The van der Waals surface area contributed by atoms with Gasteiger partial charge in [-0.05, 0) is 0 Å². The molecule has 21 heavy (non-hydrogen) atoms. The van der Waals surface area contributed by atoms with Crippen LogP contribution in [-0.4, -0.2) is 44.0 Å². The smallest absolute Gasteiger partial charge is 0.328 e. The van der Waals surface area contributed by atoms with Crippen LogP contribution in [0.4, 0.5) is 13.2 Å². The molecule has 4 atom stereocenters. The van der Waals surface area contributed by atoms with Crippen molar-refractivity contribution in [1.29, 1.82) is 0 Å². The summed E-state index contributed by atoms with van der Waals surface area (Å²) in [5, 5.41) is 18.5. The summed E-state index contributed by atoms with van der Waals surface area (Å²) in [5.74, 6) is -2.88. The summed E-state index contributed by atoms with van der Waals surface area (Å²) in [6.07, 6.45) is 0.621. The van der Waals surface area contributed by atoms with E-state index in [2.05, 4.69) is 17.0 Å². The molecule has 0 amide bonds. The third kappa shape index (κ3) is 2.18. The summed E-state index contributed by atoms with van der Waals surface area (Å²) >= 11 is 4.47. The summed E-state index contributed by atoms with van der Waals surface area (Å²) < 4.78 is 46.3. The number of aliphatic hydroxyl groups excluding tert-OH is 2. The molecule has 4 unspecified atom stereocenters. The van der Waals surface area contributed by atoms with Crippen molar-refractivity contribution >= 4 is 12.2 Å². The van der Waals surface area contributed by atoms with Gasteiger partial charge in [0.15, 0.2) is 18.1 Å². The predicted molar refractivity (Wildman–Crippen MR) is 65.6 cm³/mol. The molecule has 1 fully saturated rings. The number of hydrogen-bond acceptors (Lipinski definition) is 5. The van der Waals surface area contributed by atoms with E-state index in [0.29, 0.717) is 6.20 Å². The number of nitrogens with zero attached hydrogens (tertiary/aromatic N) is 1. The van der Waals surface area contributed by atoms with Gasteiger partial charge in [0.1, 0.15) is 11.2 Å². The number of rotatable bonds is 2. The summed E-state index contributed by atoms with van der Waals surface area (Å²) in [5.41, 5.74) is -4.33. The molecule has 3 N–H and O–H groups in total. The van der Waals surface area contributed by atoms with Crippen LogP contribution in [0.2, 0.25) is 0 Å². The molecule has 1 aliphatic heterocycles. The molecule has 2 rings (SSSR count). The minimum atomic E-state index is -3.24. The second kappa shape index (κ2) is 4.96. The molecular weight excluding hydrogens is 313 g/mol. The number of halogens is 3. The lowest BCUT2D eigenvalue weighted by atomic mass is 9.96. The third-order valence-electron chi connectivity index (χ3n) is 3.09. The first kappa shape index (κ1) is 15.7. The zero-order chi connectivity index (χ0) is 16.0.